The number of hydrogen-bond acceptors (Lipinski definition) is 3. The van der Waals surface area contributed by atoms with Crippen molar-refractivity contribution in [2.75, 3.05) is 6.61 Å². The fraction of sp³-hybridized carbons (Fsp3) is 0.882. The predicted octanol–water partition coefficient (Wildman–Crippen LogP) is 3.36. The molecule has 0 radical (unpaired) electrons. The van der Waals surface area contributed by atoms with Gasteiger partial charge < -0.3 is 4.74 Å². The summed E-state index contributed by atoms with van der Waals surface area (Å²) in [6, 6.07) is 0. The van der Waals surface area contributed by atoms with Crippen LogP contribution in [-0.2, 0) is 14.3 Å². The second-order valence-corrected chi connectivity index (χ2v) is 7.61. The van der Waals surface area contributed by atoms with E-state index < -0.39 is 5.41 Å². The Morgan fingerprint density at radius 3 is 2.65 bits per heavy atom. The smallest absolute Gasteiger partial charge is 0.302 e. The molecule has 3 aliphatic carbocycles. The molecule has 0 aliphatic heterocycles. The monoisotopic (exact) mass is 278 g/mol. The molecule has 0 amide bonds. The second kappa shape index (κ2) is 4.08. The number of esters is 1. The van der Waals surface area contributed by atoms with E-state index in [4.69, 9.17) is 4.74 Å². The number of Topliss-reactive ketones (excluding diaryl/α,β-unsaturated/α-hetero) is 1. The highest BCUT2D eigenvalue weighted by Crippen LogP contribution is 2.79. The molecule has 2 unspecified atom stereocenters. The van der Waals surface area contributed by atoms with Crippen LogP contribution in [0.2, 0.25) is 0 Å². The van der Waals surface area contributed by atoms with Crippen LogP contribution in [0, 0.1) is 28.1 Å². The van der Waals surface area contributed by atoms with E-state index in [1.54, 1.807) is 0 Å². The number of hydrogen-bond donors (Lipinski definition) is 0. The second-order valence-electron chi connectivity index (χ2n) is 7.61. The standard InChI is InChI=1S/C17H26O3/c1-11-6-9-16-7-5-8-17(11,16)12(2)14(19)15(16,4)10-20-13(3)18/h11-12H,5-10H2,1-4H3/t11?,12?,15-,16-,17+/m0/s1. The fourth-order valence-electron chi connectivity index (χ4n) is 6.48. The minimum absolute atomic E-state index is 0.0748. The van der Waals surface area contributed by atoms with E-state index in [1.165, 1.54) is 26.2 Å². The first kappa shape index (κ1) is 14.1. The molecule has 0 saturated heterocycles. The Labute approximate surface area is 121 Å². The Kier molecular flexibility index (Phi) is 2.88. The van der Waals surface area contributed by atoms with Crippen molar-refractivity contribution in [3.05, 3.63) is 0 Å². The lowest BCUT2D eigenvalue weighted by Crippen LogP contribution is -2.45. The SMILES string of the molecule is CC(=O)OC[C@@]1(C)C(=O)C(C)[C@]23CCC[C@@]21CCC3C. The van der Waals surface area contributed by atoms with E-state index in [0.29, 0.717) is 11.7 Å². The highest BCUT2D eigenvalue weighted by Gasteiger charge is 2.77. The van der Waals surface area contributed by atoms with Crippen molar-refractivity contribution in [2.24, 2.45) is 28.1 Å². The molecule has 5 atom stereocenters. The van der Waals surface area contributed by atoms with Crippen molar-refractivity contribution in [1.29, 1.82) is 0 Å². The normalized spacial score (nSPS) is 50.1. The van der Waals surface area contributed by atoms with Gasteiger partial charge in [0.05, 0.1) is 5.41 Å². The van der Waals surface area contributed by atoms with Gasteiger partial charge in [0.25, 0.3) is 0 Å². The van der Waals surface area contributed by atoms with Crippen LogP contribution in [0.25, 0.3) is 0 Å². The third-order valence-electron chi connectivity index (χ3n) is 7.30. The zero-order valence-electron chi connectivity index (χ0n) is 13.1. The van der Waals surface area contributed by atoms with Crippen LogP contribution in [-0.4, -0.2) is 18.4 Å². The summed E-state index contributed by atoms with van der Waals surface area (Å²) in [5.74, 6) is 0.792. The molecule has 3 aliphatic rings. The summed E-state index contributed by atoms with van der Waals surface area (Å²) >= 11 is 0. The number of rotatable bonds is 2. The number of ether oxygens (including phenoxy) is 1. The van der Waals surface area contributed by atoms with Crippen molar-refractivity contribution in [3.63, 3.8) is 0 Å². The maximum Gasteiger partial charge on any atom is 0.302 e. The Morgan fingerprint density at radius 2 is 2.00 bits per heavy atom. The highest BCUT2D eigenvalue weighted by atomic mass is 16.5. The molecule has 3 heteroatoms. The van der Waals surface area contributed by atoms with Crippen LogP contribution in [0.1, 0.15) is 59.8 Å². The molecule has 0 N–H and O–H groups in total. The van der Waals surface area contributed by atoms with Crippen LogP contribution < -0.4 is 0 Å². The van der Waals surface area contributed by atoms with Crippen LogP contribution in [0.3, 0.4) is 0 Å². The van der Waals surface area contributed by atoms with Crippen molar-refractivity contribution in [3.8, 4) is 0 Å². The lowest BCUT2D eigenvalue weighted by Gasteiger charge is -2.45. The molecule has 3 nitrogen and oxygen atoms in total. The molecule has 3 saturated carbocycles. The van der Waals surface area contributed by atoms with Gasteiger partial charge in [-0.1, -0.05) is 20.3 Å². The van der Waals surface area contributed by atoms with Gasteiger partial charge in [0, 0.05) is 12.8 Å². The van der Waals surface area contributed by atoms with Gasteiger partial charge in [-0.15, -0.1) is 0 Å². The summed E-state index contributed by atoms with van der Waals surface area (Å²) < 4.78 is 5.33. The van der Waals surface area contributed by atoms with E-state index in [2.05, 4.69) is 20.8 Å². The summed E-state index contributed by atoms with van der Waals surface area (Å²) in [5, 5.41) is 0. The van der Waals surface area contributed by atoms with E-state index in [1.807, 2.05) is 0 Å². The maximum absolute atomic E-state index is 13.0. The molecular formula is C17H26O3. The van der Waals surface area contributed by atoms with Crippen LogP contribution in [0.5, 0.6) is 0 Å². The largest absolute Gasteiger partial charge is 0.465 e. The molecule has 20 heavy (non-hydrogen) atoms. The van der Waals surface area contributed by atoms with E-state index in [0.717, 1.165) is 12.8 Å². The van der Waals surface area contributed by atoms with Crippen molar-refractivity contribution < 1.29 is 14.3 Å². The molecule has 112 valence electrons. The Hall–Kier alpha value is -0.860. The van der Waals surface area contributed by atoms with Crippen molar-refractivity contribution in [1.82, 2.24) is 0 Å². The molecule has 0 spiro atoms. The van der Waals surface area contributed by atoms with Gasteiger partial charge in [0.2, 0.25) is 0 Å². The third kappa shape index (κ3) is 1.28. The third-order valence-corrected chi connectivity index (χ3v) is 7.30. The Bertz CT molecular complexity index is 471. The summed E-state index contributed by atoms with van der Waals surface area (Å²) in [6.07, 6.45) is 5.87. The molecule has 3 fully saturated rings. The number of carbonyl (C=O) groups is 2. The van der Waals surface area contributed by atoms with Crippen LogP contribution in [0.15, 0.2) is 0 Å². The summed E-state index contributed by atoms with van der Waals surface area (Å²) in [7, 11) is 0. The molecule has 0 aromatic rings. The van der Waals surface area contributed by atoms with Gasteiger partial charge in [-0.2, -0.15) is 0 Å². The molecule has 0 aromatic carbocycles. The zero-order valence-corrected chi connectivity index (χ0v) is 13.1. The average molecular weight is 278 g/mol. The van der Waals surface area contributed by atoms with Crippen molar-refractivity contribution in [2.45, 2.75) is 59.8 Å². The lowest BCUT2D eigenvalue weighted by molar-refractivity contribution is -0.151. The minimum atomic E-state index is -0.473. The fourth-order valence-corrected chi connectivity index (χ4v) is 6.48. The molecule has 3 rings (SSSR count). The van der Waals surface area contributed by atoms with Gasteiger partial charge >= 0.3 is 5.97 Å². The minimum Gasteiger partial charge on any atom is -0.465 e. The molecule has 0 heterocycles. The summed E-state index contributed by atoms with van der Waals surface area (Å²) in [4.78, 5) is 24.3. The lowest BCUT2D eigenvalue weighted by atomic mass is 9.57. The summed E-state index contributed by atoms with van der Waals surface area (Å²) in [5.41, 5.74) is -0.232. The summed E-state index contributed by atoms with van der Waals surface area (Å²) in [6.45, 7) is 8.24. The van der Waals surface area contributed by atoms with Crippen molar-refractivity contribution >= 4 is 11.8 Å². The van der Waals surface area contributed by atoms with Gasteiger partial charge in [0.15, 0.2) is 0 Å². The highest BCUT2D eigenvalue weighted by molar-refractivity contribution is 5.92. The zero-order chi connectivity index (χ0) is 14.8. The Balaban J connectivity index is 2.08. The first-order chi connectivity index (χ1) is 9.32. The van der Waals surface area contributed by atoms with Gasteiger partial charge in [0.1, 0.15) is 12.4 Å². The quantitative estimate of drug-likeness (QED) is 0.727. The first-order valence-electron chi connectivity index (χ1n) is 7.99. The van der Waals surface area contributed by atoms with Gasteiger partial charge in [-0.3, -0.25) is 9.59 Å². The molecular weight excluding hydrogens is 252 g/mol. The van der Waals surface area contributed by atoms with E-state index in [-0.39, 0.29) is 29.3 Å². The van der Waals surface area contributed by atoms with Gasteiger partial charge in [-0.05, 0) is 49.4 Å². The molecule has 0 aromatic heterocycles. The Morgan fingerprint density at radius 1 is 1.30 bits per heavy atom. The average Bonchev–Trinajstić information content (AvgIpc) is 2.96. The van der Waals surface area contributed by atoms with Crippen LogP contribution >= 0.6 is 0 Å². The van der Waals surface area contributed by atoms with E-state index in [9.17, 15) is 9.59 Å². The maximum atomic E-state index is 13.0. The van der Waals surface area contributed by atoms with Crippen LogP contribution in [0.4, 0.5) is 0 Å². The number of carbonyl (C=O) groups excluding carboxylic acids is 2. The first-order valence-corrected chi connectivity index (χ1v) is 7.99. The predicted molar refractivity (Wildman–Crippen MR) is 76.0 cm³/mol. The molecule has 0 bridgehead atoms. The van der Waals surface area contributed by atoms with E-state index >= 15 is 0 Å². The topological polar surface area (TPSA) is 43.4 Å². The number of ketones is 1. The van der Waals surface area contributed by atoms with Gasteiger partial charge in [-0.25, -0.2) is 0 Å².